The van der Waals surface area contributed by atoms with Crippen molar-refractivity contribution < 1.29 is 9.13 Å². The lowest BCUT2D eigenvalue weighted by molar-refractivity contribution is 0.409. The average Bonchev–Trinajstić information content (AvgIpc) is 2.74. The summed E-state index contributed by atoms with van der Waals surface area (Å²) in [5, 5.41) is 1.51. The lowest BCUT2D eigenvalue weighted by Crippen LogP contribution is -1.97. The van der Waals surface area contributed by atoms with E-state index < -0.39 is 5.38 Å². The van der Waals surface area contributed by atoms with Crippen molar-refractivity contribution in [2.24, 2.45) is 0 Å². The number of rotatable bonds is 3. The van der Waals surface area contributed by atoms with Crippen molar-refractivity contribution in [2.45, 2.75) is 5.38 Å². The normalized spacial score (nSPS) is 12.5. The quantitative estimate of drug-likeness (QED) is 0.718. The van der Waals surface area contributed by atoms with Gasteiger partial charge >= 0.3 is 0 Å². The number of hydrogen-bond acceptors (Lipinski definition) is 2. The molecule has 17 heavy (non-hydrogen) atoms. The van der Waals surface area contributed by atoms with E-state index in [1.807, 2.05) is 11.4 Å². The van der Waals surface area contributed by atoms with Gasteiger partial charge in [0.1, 0.15) is 11.6 Å². The van der Waals surface area contributed by atoms with Gasteiger partial charge in [0.2, 0.25) is 0 Å². The third kappa shape index (κ3) is 2.64. The Morgan fingerprint density at radius 3 is 2.76 bits per heavy atom. The molecule has 0 fully saturated rings. The number of ether oxygens (including phenoxy) is 1. The summed E-state index contributed by atoms with van der Waals surface area (Å²) in [7, 11) is 1.55. The highest BCUT2D eigenvalue weighted by Gasteiger charge is 2.19. The minimum atomic E-state index is -0.421. The highest BCUT2D eigenvalue weighted by Crippen LogP contribution is 2.41. The number of halogens is 3. The fourth-order valence-electron chi connectivity index (χ4n) is 1.53. The topological polar surface area (TPSA) is 9.23 Å². The SMILES string of the molecule is COc1ccc(F)cc1C(Cl)c1sccc1Br. The molecule has 1 aromatic carbocycles. The first-order valence-corrected chi connectivity index (χ1v) is 6.94. The molecule has 0 bridgehead atoms. The summed E-state index contributed by atoms with van der Waals surface area (Å²) in [6.07, 6.45) is 0. The third-order valence-corrected chi connectivity index (χ3v) is 4.86. The first-order chi connectivity index (χ1) is 8.13. The summed E-state index contributed by atoms with van der Waals surface area (Å²) in [6.45, 7) is 0. The van der Waals surface area contributed by atoms with Crippen LogP contribution in [0.1, 0.15) is 15.8 Å². The van der Waals surface area contributed by atoms with Gasteiger partial charge in [0.25, 0.3) is 0 Å². The zero-order valence-electron chi connectivity index (χ0n) is 8.91. The fourth-order valence-corrected chi connectivity index (χ4v) is 3.70. The van der Waals surface area contributed by atoms with E-state index in [1.165, 1.54) is 23.5 Å². The molecule has 2 aromatic rings. The summed E-state index contributed by atoms with van der Waals surface area (Å²) in [5.74, 6) is 0.269. The van der Waals surface area contributed by atoms with E-state index in [-0.39, 0.29) is 5.82 Å². The number of methoxy groups -OCH3 is 1. The average molecular weight is 336 g/mol. The van der Waals surface area contributed by atoms with Crippen LogP contribution in [-0.4, -0.2) is 7.11 Å². The molecule has 5 heteroatoms. The van der Waals surface area contributed by atoms with Crippen molar-refractivity contribution in [3.05, 3.63) is 50.4 Å². The van der Waals surface area contributed by atoms with Crippen molar-refractivity contribution >= 4 is 38.9 Å². The lowest BCUT2D eigenvalue weighted by atomic mass is 10.1. The van der Waals surface area contributed by atoms with E-state index in [2.05, 4.69) is 15.9 Å². The molecular weight excluding hydrogens is 327 g/mol. The Bertz CT molecular complexity index is 529. The molecule has 1 atom stereocenters. The first kappa shape index (κ1) is 12.9. The van der Waals surface area contributed by atoms with Crippen LogP contribution in [0.3, 0.4) is 0 Å². The van der Waals surface area contributed by atoms with Gasteiger partial charge in [-0.25, -0.2) is 4.39 Å². The Morgan fingerprint density at radius 2 is 2.18 bits per heavy atom. The summed E-state index contributed by atoms with van der Waals surface area (Å²) >= 11 is 11.3. The molecule has 0 saturated heterocycles. The van der Waals surface area contributed by atoms with Crippen molar-refractivity contribution in [1.29, 1.82) is 0 Å². The smallest absolute Gasteiger partial charge is 0.124 e. The Morgan fingerprint density at radius 1 is 1.41 bits per heavy atom. The number of benzene rings is 1. The first-order valence-electron chi connectivity index (χ1n) is 4.84. The molecule has 2 rings (SSSR count). The van der Waals surface area contributed by atoms with Crippen molar-refractivity contribution in [3.8, 4) is 5.75 Å². The molecule has 0 amide bonds. The van der Waals surface area contributed by atoms with Crippen LogP contribution < -0.4 is 4.74 Å². The molecule has 0 saturated carbocycles. The maximum atomic E-state index is 13.3. The van der Waals surface area contributed by atoms with Crippen LogP contribution in [-0.2, 0) is 0 Å². The summed E-state index contributed by atoms with van der Waals surface area (Å²) in [6, 6.07) is 6.26. The highest BCUT2D eigenvalue weighted by molar-refractivity contribution is 9.10. The predicted molar refractivity (Wildman–Crippen MR) is 72.7 cm³/mol. The van der Waals surface area contributed by atoms with Crippen LogP contribution >= 0.6 is 38.9 Å². The molecule has 0 aliphatic carbocycles. The summed E-state index contributed by atoms with van der Waals surface area (Å²) in [5.41, 5.74) is 0.636. The minimum absolute atomic E-state index is 0.320. The summed E-state index contributed by atoms with van der Waals surface area (Å²) < 4.78 is 19.4. The van der Waals surface area contributed by atoms with Crippen LogP contribution in [0.4, 0.5) is 4.39 Å². The monoisotopic (exact) mass is 334 g/mol. The molecular formula is C12H9BrClFOS. The van der Waals surface area contributed by atoms with Crippen LogP contribution in [0.15, 0.2) is 34.1 Å². The van der Waals surface area contributed by atoms with Gasteiger partial charge in [0.15, 0.2) is 0 Å². The number of alkyl halides is 1. The zero-order chi connectivity index (χ0) is 12.4. The van der Waals surface area contributed by atoms with Crippen LogP contribution in [0.25, 0.3) is 0 Å². The Hall–Kier alpha value is -0.580. The molecule has 0 N–H and O–H groups in total. The van der Waals surface area contributed by atoms with E-state index in [0.29, 0.717) is 11.3 Å². The van der Waals surface area contributed by atoms with E-state index in [1.54, 1.807) is 13.2 Å². The largest absolute Gasteiger partial charge is 0.496 e. The van der Waals surface area contributed by atoms with Gasteiger partial charge in [-0.1, -0.05) is 0 Å². The lowest BCUT2D eigenvalue weighted by Gasteiger charge is -2.13. The van der Waals surface area contributed by atoms with Crippen LogP contribution in [0.2, 0.25) is 0 Å². The molecule has 1 heterocycles. The van der Waals surface area contributed by atoms with Gasteiger partial charge < -0.3 is 4.74 Å². The van der Waals surface area contributed by atoms with Gasteiger partial charge in [-0.05, 0) is 45.6 Å². The number of thiophene rings is 1. The maximum Gasteiger partial charge on any atom is 0.124 e. The van der Waals surface area contributed by atoms with Gasteiger partial charge in [0, 0.05) is 14.9 Å². The van der Waals surface area contributed by atoms with E-state index >= 15 is 0 Å². The molecule has 0 aliphatic heterocycles. The highest BCUT2D eigenvalue weighted by atomic mass is 79.9. The second-order valence-electron chi connectivity index (χ2n) is 3.38. The molecule has 0 spiro atoms. The molecule has 90 valence electrons. The van der Waals surface area contributed by atoms with Gasteiger partial charge in [-0.15, -0.1) is 22.9 Å². The van der Waals surface area contributed by atoms with Crippen molar-refractivity contribution in [2.75, 3.05) is 7.11 Å². The van der Waals surface area contributed by atoms with E-state index in [0.717, 1.165) is 9.35 Å². The second kappa shape index (κ2) is 5.38. The minimum Gasteiger partial charge on any atom is -0.496 e. The van der Waals surface area contributed by atoms with E-state index in [4.69, 9.17) is 16.3 Å². The third-order valence-electron chi connectivity index (χ3n) is 2.34. The Balaban J connectivity index is 2.46. The molecule has 0 aliphatic rings. The maximum absolute atomic E-state index is 13.3. The van der Waals surface area contributed by atoms with E-state index in [9.17, 15) is 4.39 Å². The van der Waals surface area contributed by atoms with Gasteiger partial charge in [-0.3, -0.25) is 0 Å². The Labute approximate surface area is 116 Å². The molecule has 1 aromatic heterocycles. The van der Waals surface area contributed by atoms with Crippen LogP contribution in [0.5, 0.6) is 5.75 Å². The molecule has 1 unspecified atom stereocenters. The predicted octanol–water partition coefficient (Wildman–Crippen LogP) is 4.99. The standard InChI is InChI=1S/C12H9BrClFOS/c1-16-10-3-2-7(15)6-8(10)11(14)12-9(13)4-5-17-12/h2-6,11H,1H3. The molecule has 1 nitrogen and oxygen atoms in total. The molecule has 0 radical (unpaired) electrons. The Kier molecular flexibility index (Phi) is 4.07. The van der Waals surface area contributed by atoms with Gasteiger partial charge in [0.05, 0.1) is 12.5 Å². The zero-order valence-corrected chi connectivity index (χ0v) is 12.1. The number of hydrogen-bond donors (Lipinski definition) is 0. The van der Waals surface area contributed by atoms with Crippen LogP contribution in [0, 0.1) is 5.82 Å². The van der Waals surface area contributed by atoms with Crippen molar-refractivity contribution in [1.82, 2.24) is 0 Å². The summed E-state index contributed by atoms with van der Waals surface area (Å²) in [4.78, 5) is 0.940. The second-order valence-corrected chi connectivity index (χ2v) is 5.62. The van der Waals surface area contributed by atoms with Crippen molar-refractivity contribution in [3.63, 3.8) is 0 Å². The fraction of sp³-hybridized carbons (Fsp3) is 0.167. The van der Waals surface area contributed by atoms with Gasteiger partial charge in [-0.2, -0.15) is 0 Å².